The SMILES string of the molecule is CCCOC1([Si](OCC)(OCC)OCC)OC1C. The zero-order valence-corrected chi connectivity index (χ0v) is 13.2. The molecule has 0 radical (unpaired) electrons. The summed E-state index contributed by atoms with van der Waals surface area (Å²) in [6, 6.07) is 0. The van der Waals surface area contributed by atoms with Crippen molar-refractivity contribution < 1.29 is 22.8 Å². The smallest absolute Gasteiger partial charge is 0.371 e. The lowest BCUT2D eigenvalue weighted by Gasteiger charge is -2.33. The highest BCUT2D eigenvalue weighted by molar-refractivity contribution is 6.64. The van der Waals surface area contributed by atoms with Gasteiger partial charge in [0, 0.05) is 26.4 Å². The highest BCUT2D eigenvalue weighted by atomic mass is 28.4. The van der Waals surface area contributed by atoms with Crippen LogP contribution in [0.1, 0.15) is 41.0 Å². The van der Waals surface area contributed by atoms with Crippen LogP contribution in [0.5, 0.6) is 0 Å². The average Bonchev–Trinajstić information content (AvgIpc) is 3.00. The Morgan fingerprint density at radius 3 is 1.72 bits per heavy atom. The molecular formula is C12H26O5Si. The Balaban J connectivity index is 2.90. The molecule has 1 aliphatic heterocycles. The van der Waals surface area contributed by atoms with Crippen LogP contribution in [0.15, 0.2) is 0 Å². The van der Waals surface area contributed by atoms with E-state index < -0.39 is 14.2 Å². The number of rotatable bonds is 10. The van der Waals surface area contributed by atoms with Gasteiger partial charge in [-0.25, -0.2) is 0 Å². The molecule has 0 bridgehead atoms. The second-order valence-electron chi connectivity index (χ2n) is 4.13. The minimum absolute atomic E-state index is 0.0413. The van der Waals surface area contributed by atoms with E-state index in [4.69, 9.17) is 22.8 Å². The van der Waals surface area contributed by atoms with Crippen molar-refractivity contribution in [1.82, 2.24) is 0 Å². The number of epoxide rings is 1. The van der Waals surface area contributed by atoms with E-state index in [-0.39, 0.29) is 6.10 Å². The lowest BCUT2D eigenvalue weighted by molar-refractivity contribution is -0.0691. The largest absolute Gasteiger partial charge is 0.566 e. The van der Waals surface area contributed by atoms with Crippen LogP contribution < -0.4 is 0 Å². The van der Waals surface area contributed by atoms with Crippen LogP contribution in [0.3, 0.4) is 0 Å². The molecule has 0 amide bonds. The van der Waals surface area contributed by atoms with Gasteiger partial charge in [0.15, 0.2) is 0 Å². The zero-order valence-electron chi connectivity index (χ0n) is 12.2. The van der Waals surface area contributed by atoms with Crippen LogP contribution >= 0.6 is 0 Å². The van der Waals surface area contributed by atoms with E-state index in [0.29, 0.717) is 26.4 Å². The van der Waals surface area contributed by atoms with E-state index in [1.807, 2.05) is 27.7 Å². The van der Waals surface area contributed by atoms with Crippen molar-refractivity contribution in [2.75, 3.05) is 26.4 Å². The predicted octanol–water partition coefficient (Wildman–Crippen LogP) is 2.12. The Labute approximate surface area is 111 Å². The summed E-state index contributed by atoms with van der Waals surface area (Å²) in [7, 11) is -2.96. The summed E-state index contributed by atoms with van der Waals surface area (Å²) < 4.78 is 29.1. The van der Waals surface area contributed by atoms with Gasteiger partial charge in [-0.3, -0.25) is 0 Å². The number of hydrogen-bond donors (Lipinski definition) is 0. The third kappa shape index (κ3) is 2.95. The minimum Gasteiger partial charge on any atom is -0.371 e. The maximum Gasteiger partial charge on any atom is 0.566 e. The van der Waals surface area contributed by atoms with E-state index in [9.17, 15) is 0 Å². The average molecular weight is 278 g/mol. The molecule has 0 spiro atoms. The van der Waals surface area contributed by atoms with Gasteiger partial charge in [0.2, 0.25) is 0 Å². The van der Waals surface area contributed by atoms with Crippen LogP contribution in [-0.2, 0) is 22.8 Å². The van der Waals surface area contributed by atoms with Crippen molar-refractivity contribution in [2.24, 2.45) is 0 Å². The van der Waals surface area contributed by atoms with Crippen molar-refractivity contribution in [3.63, 3.8) is 0 Å². The van der Waals surface area contributed by atoms with Crippen LogP contribution in [0.2, 0.25) is 0 Å². The van der Waals surface area contributed by atoms with Crippen LogP contribution in [0.25, 0.3) is 0 Å². The summed E-state index contributed by atoms with van der Waals surface area (Å²) >= 11 is 0. The first kappa shape index (κ1) is 16.1. The first-order chi connectivity index (χ1) is 8.62. The lowest BCUT2D eigenvalue weighted by Crippen LogP contribution is -2.61. The Bertz CT molecular complexity index is 234. The highest BCUT2D eigenvalue weighted by Crippen LogP contribution is 2.46. The standard InChI is InChI=1S/C12H26O5Si/c1-6-10-13-12(11(5)17-12)18(14-7-2,15-8-3)16-9-4/h11H,6-10H2,1-5H3. The predicted molar refractivity (Wildman–Crippen MR) is 70.2 cm³/mol. The molecule has 1 aliphatic rings. The number of hydrogen-bond acceptors (Lipinski definition) is 5. The second kappa shape index (κ2) is 6.98. The topological polar surface area (TPSA) is 49.5 Å². The summed E-state index contributed by atoms with van der Waals surface area (Å²) in [6.45, 7) is 12.0. The van der Waals surface area contributed by atoms with Crippen molar-refractivity contribution >= 4 is 8.80 Å². The fourth-order valence-electron chi connectivity index (χ4n) is 2.04. The summed E-state index contributed by atoms with van der Waals surface area (Å²) in [6.07, 6.45) is 0.882. The van der Waals surface area contributed by atoms with Crippen LogP contribution in [0.4, 0.5) is 0 Å². The van der Waals surface area contributed by atoms with E-state index >= 15 is 0 Å². The van der Waals surface area contributed by atoms with E-state index in [1.165, 1.54) is 0 Å². The molecule has 0 saturated carbocycles. The number of ether oxygens (including phenoxy) is 2. The minimum atomic E-state index is -2.96. The summed E-state index contributed by atoms with van der Waals surface area (Å²) in [5, 5.41) is 0. The molecule has 1 saturated heterocycles. The molecule has 0 aliphatic carbocycles. The summed E-state index contributed by atoms with van der Waals surface area (Å²) in [5.41, 5.74) is -0.801. The molecule has 0 aromatic heterocycles. The third-order valence-corrected chi connectivity index (χ3v) is 6.31. The molecule has 18 heavy (non-hydrogen) atoms. The Morgan fingerprint density at radius 2 is 1.44 bits per heavy atom. The van der Waals surface area contributed by atoms with Gasteiger partial charge in [-0.2, -0.15) is 0 Å². The van der Waals surface area contributed by atoms with Crippen molar-refractivity contribution in [2.45, 2.75) is 52.6 Å². The normalized spacial score (nSPS) is 27.5. The molecule has 0 aromatic rings. The first-order valence-electron chi connectivity index (χ1n) is 6.86. The second-order valence-corrected chi connectivity index (χ2v) is 6.81. The van der Waals surface area contributed by atoms with Gasteiger partial charge in [0.05, 0.1) is 0 Å². The monoisotopic (exact) mass is 278 g/mol. The molecule has 6 heteroatoms. The van der Waals surface area contributed by atoms with E-state index in [0.717, 1.165) is 6.42 Å². The summed E-state index contributed by atoms with van der Waals surface area (Å²) in [5.74, 6) is 0. The fraction of sp³-hybridized carbons (Fsp3) is 1.00. The molecular weight excluding hydrogens is 252 g/mol. The summed E-state index contributed by atoms with van der Waals surface area (Å²) in [4.78, 5) is 0. The molecule has 2 atom stereocenters. The first-order valence-corrected chi connectivity index (χ1v) is 8.58. The Morgan fingerprint density at radius 1 is 1.00 bits per heavy atom. The van der Waals surface area contributed by atoms with Gasteiger partial charge in [-0.15, -0.1) is 0 Å². The quantitative estimate of drug-likeness (QED) is 0.452. The van der Waals surface area contributed by atoms with Gasteiger partial charge in [0.1, 0.15) is 6.10 Å². The van der Waals surface area contributed by atoms with Gasteiger partial charge < -0.3 is 22.8 Å². The maximum absolute atomic E-state index is 5.89. The Hall–Kier alpha value is 0.0169. The van der Waals surface area contributed by atoms with Gasteiger partial charge in [0.25, 0.3) is 5.41 Å². The van der Waals surface area contributed by atoms with E-state index in [1.54, 1.807) is 0 Å². The van der Waals surface area contributed by atoms with Crippen molar-refractivity contribution in [1.29, 1.82) is 0 Å². The molecule has 5 nitrogen and oxygen atoms in total. The molecule has 1 rings (SSSR count). The molecule has 1 fully saturated rings. The van der Waals surface area contributed by atoms with Crippen LogP contribution in [-0.4, -0.2) is 46.7 Å². The Kier molecular flexibility index (Phi) is 6.23. The molecule has 0 N–H and O–H groups in total. The van der Waals surface area contributed by atoms with Crippen molar-refractivity contribution in [3.05, 3.63) is 0 Å². The van der Waals surface area contributed by atoms with Gasteiger partial charge in [-0.05, 0) is 34.1 Å². The highest BCUT2D eigenvalue weighted by Gasteiger charge is 2.77. The maximum atomic E-state index is 5.89. The molecule has 2 unspecified atom stereocenters. The zero-order chi connectivity index (χ0) is 13.6. The third-order valence-electron chi connectivity index (χ3n) is 2.78. The molecule has 108 valence electrons. The van der Waals surface area contributed by atoms with Gasteiger partial charge >= 0.3 is 8.80 Å². The van der Waals surface area contributed by atoms with E-state index in [2.05, 4.69) is 6.92 Å². The lowest BCUT2D eigenvalue weighted by atomic mass is 10.5. The molecule has 1 heterocycles. The van der Waals surface area contributed by atoms with Crippen LogP contribution in [0, 0.1) is 0 Å². The van der Waals surface area contributed by atoms with Crippen molar-refractivity contribution in [3.8, 4) is 0 Å². The fourth-order valence-corrected chi connectivity index (χ4v) is 5.13. The van der Waals surface area contributed by atoms with Gasteiger partial charge in [-0.1, -0.05) is 6.92 Å². The molecule has 0 aromatic carbocycles.